The zero-order chi connectivity index (χ0) is 10.9. The summed E-state index contributed by atoms with van der Waals surface area (Å²) in [6.07, 6.45) is 4.91. The van der Waals surface area contributed by atoms with Crippen LogP contribution in [0.3, 0.4) is 0 Å². The third kappa shape index (κ3) is 2.35. The highest BCUT2D eigenvalue weighted by Crippen LogP contribution is 2.30. The topological polar surface area (TPSA) is 71.2 Å². The van der Waals surface area contributed by atoms with E-state index < -0.39 is 11.7 Å². The largest absolute Gasteiger partial charge is 0.388 e. The predicted molar refractivity (Wildman–Crippen MR) is 54.1 cm³/mol. The first-order valence-electron chi connectivity index (χ1n) is 5.40. The second-order valence-corrected chi connectivity index (χ2v) is 4.45. The van der Waals surface area contributed by atoms with Gasteiger partial charge in [-0.15, -0.1) is 5.10 Å². The number of aromatic nitrogens is 3. The summed E-state index contributed by atoms with van der Waals surface area (Å²) in [5.41, 5.74) is -0.0690. The summed E-state index contributed by atoms with van der Waals surface area (Å²) in [6, 6.07) is 0. The van der Waals surface area contributed by atoms with Crippen LogP contribution in [-0.4, -0.2) is 30.8 Å². The molecule has 1 aromatic rings. The van der Waals surface area contributed by atoms with Crippen LogP contribution in [0, 0.1) is 0 Å². The lowest BCUT2D eigenvalue weighted by atomic mass is 10.0. The molecule has 0 aromatic carbocycles. The third-order valence-corrected chi connectivity index (χ3v) is 2.97. The molecule has 1 aromatic heterocycles. The normalized spacial score (nSPS) is 21.8. The van der Waals surface area contributed by atoms with Crippen molar-refractivity contribution in [1.29, 1.82) is 0 Å². The summed E-state index contributed by atoms with van der Waals surface area (Å²) in [6.45, 7) is 2.13. The summed E-state index contributed by atoms with van der Waals surface area (Å²) < 4.78 is 1.62. The Morgan fingerprint density at radius 1 is 1.53 bits per heavy atom. The Balaban J connectivity index is 2.04. The summed E-state index contributed by atoms with van der Waals surface area (Å²) >= 11 is 0. The van der Waals surface area contributed by atoms with Crippen molar-refractivity contribution in [1.82, 2.24) is 15.0 Å². The Labute approximate surface area is 88.7 Å². The van der Waals surface area contributed by atoms with Gasteiger partial charge >= 0.3 is 0 Å². The van der Waals surface area contributed by atoms with E-state index in [9.17, 15) is 10.2 Å². The van der Waals surface area contributed by atoms with E-state index >= 15 is 0 Å². The van der Waals surface area contributed by atoms with E-state index in [1.807, 2.05) is 0 Å². The Hall–Kier alpha value is -0.940. The molecule has 1 aliphatic carbocycles. The van der Waals surface area contributed by atoms with Crippen LogP contribution < -0.4 is 0 Å². The Bertz CT molecular complexity index is 329. The zero-order valence-corrected chi connectivity index (χ0v) is 8.93. The second-order valence-electron chi connectivity index (χ2n) is 4.45. The fourth-order valence-corrected chi connectivity index (χ4v) is 2.07. The number of hydrogen-bond donors (Lipinski definition) is 2. The van der Waals surface area contributed by atoms with Gasteiger partial charge in [0.05, 0.1) is 24.4 Å². The number of hydrogen-bond acceptors (Lipinski definition) is 4. The average molecular weight is 211 g/mol. The number of rotatable bonds is 3. The number of nitrogens with zero attached hydrogens (tertiary/aromatic N) is 3. The summed E-state index contributed by atoms with van der Waals surface area (Å²) in [5, 5.41) is 27.2. The molecule has 1 saturated carbocycles. The first kappa shape index (κ1) is 10.6. The summed E-state index contributed by atoms with van der Waals surface area (Å²) in [7, 11) is 0. The molecule has 0 saturated heterocycles. The van der Waals surface area contributed by atoms with Gasteiger partial charge in [-0.3, -0.25) is 0 Å². The average Bonchev–Trinajstić information content (AvgIpc) is 2.75. The van der Waals surface area contributed by atoms with Crippen molar-refractivity contribution in [3.8, 4) is 0 Å². The van der Waals surface area contributed by atoms with Crippen LogP contribution >= 0.6 is 0 Å². The van der Waals surface area contributed by atoms with Gasteiger partial charge in [-0.05, 0) is 19.8 Å². The minimum absolute atomic E-state index is 0.479. The molecule has 0 bridgehead atoms. The Kier molecular flexibility index (Phi) is 2.75. The van der Waals surface area contributed by atoms with Crippen LogP contribution in [0.15, 0.2) is 6.20 Å². The van der Waals surface area contributed by atoms with Crippen molar-refractivity contribution >= 4 is 0 Å². The first-order valence-corrected chi connectivity index (χ1v) is 5.40. The maximum atomic E-state index is 10.1. The monoisotopic (exact) mass is 211 g/mol. The molecule has 0 spiro atoms. The van der Waals surface area contributed by atoms with Gasteiger partial charge in [0, 0.05) is 0 Å². The summed E-state index contributed by atoms with van der Waals surface area (Å²) in [4.78, 5) is 0. The van der Waals surface area contributed by atoms with E-state index in [1.165, 1.54) is 0 Å². The van der Waals surface area contributed by atoms with Crippen molar-refractivity contribution < 1.29 is 10.2 Å². The maximum Gasteiger partial charge on any atom is 0.111 e. The van der Waals surface area contributed by atoms with Gasteiger partial charge in [0.15, 0.2) is 0 Å². The molecule has 1 fully saturated rings. The van der Waals surface area contributed by atoms with E-state index in [0.29, 0.717) is 12.2 Å². The molecule has 1 aliphatic rings. The molecule has 0 aliphatic heterocycles. The molecular formula is C10H17N3O2. The van der Waals surface area contributed by atoms with Crippen LogP contribution in [0.25, 0.3) is 0 Å². The third-order valence-electron chi connectivity index (χ3n) is 2.97. The van der Waals surface area contributed by atoms with Gasteiger partial charge in [-0.1, -0.05) is 18.1 Å². The van der Waals surface area contributed by atoms with Crippen molar-refractivity contribution in [3.05, 3.63) is 11.9 Å². The highest BCUT2D eigenvalue weighted by Gasteiger charge is 2.31. The first-order chi connectivity index (χ1) is 7.09. The molecule has 2 rings (SSSR count). The molecule has 2 N–H and O–H groups in total. The second kappa shape index (κ2) is 3.90. The molecule has 84 valence electrons. The molecule has 1 atom stereocenters. The van der Waals surface area contributed by atoms with Gasteiger partial charge < -0.3 is 10.2 Å². The van der Waals surface area contributed by atoms with Crippen LogP contribution in [0.2, 0.25) is 0 Å². The zero-order valence-electron chi connectivity index (χ0n) is 8.93. The Morgan fingerprint density at radius 3 is 2.73 bits per heavy atom. The molecule has 0 radical (unpaired) electrons. The molecule has 5 nitrogen and oxygen atoms in total. The van der Waals surface area contributed by atoms with Gasteiger partial charge in [0.1, 0.15) is 5.69 Å². The van der Waals surface area contributed by atoms with Crippen molar-refractivity contribution in [2.45, 2.75) is 50.9 Å². The van der Waals surface area contributed by atoms with E-state index in [-0.39, 0.29) is 0 Å². The lowest BCUT2D eigenvalue weighted by molar-refractivity contribution is 0.0260. The van der Waals surface area contributed by atoms with Crippen LogP contribution in [0.4, 0.5) is 0 Å². The maximum absolute atomic E-state index is 10.1. The van der Waals surface area contributed by atoms with E-state index in [4.69, 9.17) is 0 Å². The molecule has 5 heteroatoms. The lowest BCUT2D eigenvalue weighted by Crippen LogP contribution is -2.30. The number of aliphatic hydroxyl groups excluding tert-OH is 1. The van der Waals surface area contributed by atoms with Gasteiger partial charge in [-0.2, -0.15) is 0 Å². The van der Waals surface area contributed by atoms with Crippen molar-refractivity contribution in [2.75, 3.05) is 0 Å². The summed E-state index contributed by atoms with van der Waals surface area (Å²) in [5.74, 6) is 0. The molecule has 15 heavy (non-hydrogen) atoms. The highest BCUT2D eigenvalue weighted by atomic mass is 16.3. The lowest BCUT2D eigenvalue weighted by Gasteiger charge is -2.21. The molecular weight excluding hydrogens is 194 g/mol. The van der Waals surface area contributed by atoms with Crippen molar-refractivity contribution in [3.63, 3.8) is 0 Å². The van der Waals surface area contributed by atoms with Gasteiger partial charge in [-0.25, -0.2) is 4.68 Å². The minimum atomic E-state index is -0.621. The van der Waals surface area contributed by atoms with Crippen LogP contribution in [-0.2, 0) is 6.54 Å². The molecule has 1 unspecified atom stereocenters. The standard InChI is InChI=1S/C10H17N3O2/c1-8(14)9-6-13(12-11-9)7-10(15)4-2-3-5-10/h6,8,14-15H,2-5,7H2,1H3. The highest BCUT2D eigenvalue weighted by molar-refractivity contribution is 4.96. The van der Waals surface area contributed by atoms with Crippen LogP contribution in [0.1, 0.15) is 44.4 Å². The van der Waals surface area contributed by atoms with E-state index in [1.54, 1.807) is 17.8 Å². The van der Waals surface area contributed by atoms with E-state index in [2.05, 4.69) is 10.3 Å². The molecule has 1 heterocycles. The van der Waals surface area contributed by atoms with Gasteiger partial charge in [0.25, 0.3) is 0 Å². The SMILES string of the molecule is CC(O)c1cn(CC2(O)CCCC2)nn1. The van der Waals surface area contributed by atoms with Gasteiger partial charge in [0.2, 0.25) is 0 Å². The quantitative estimate of drug-likeness (QED) is 0.769. The van der Waals surface area contributed by atoms with Crippen LogP contribution in [0.5, 0.6) is 0 Å². The van der Waals surface area contributed by atoms with Crippen molar-refractivity contribution in [2.24, 2.45) is 0 Å². The van der Waals surface area contributed by atoms with E-state index in [0.717, 1.165) is 25.7 Å². The smallest absolute Gasteiger partial charge is 0.111 e. The molecule has 0 amide bonds. The Morgan fingerprint density at radius 2 is 2.20 bits per heavy atom. The number of aliphatic hydroxyl groups is 2. The fourth-order valence-electron chi connectivity index (χ4n) is 2.07. The predicted octanol–water partition coefficient (Wildman–Crippen LogP) is 0.636. The minimum Gasteiger partial charge on any atom is -0.388 e. The fraction of sp³-hybridized carbons (Fsp3) is 0.800.